The van der Waals surface area contributed by atoms with Crippen molar-refractivity contribution in [1.82, 2.24) is 4.57 Å². The van der Waals surface area contributed by atoms with Gasteiger partial charge in [0, 0.05) is 24.2 Å². The van der Waals surface area contributed by atoms with E-state index in [9.17, 15) is 10.1 Å². The average Bonchev–Trinajstić information content (AvgIpc) is 2.94. The van der Waals surface area contributed by atoms with E-state index in [2.05, 4.69) is 11.4 Å². The summed E-state index contributed by atoms with van der Waals surface area (Å²) >= 11 is 0. The normalized spacial score (nSPS) is 10.4. The average molecular weight is 349 g/mol. The molecule has 132 valence electrons. The SMILES string of the molecule is CCOC(=O)Nc1ccc(-c2c(C#N)c3ccc(OC)cc3n2C)cc1. The van der Waals surface area contributed by atoms with Crippen molar-refractivity contribution in [2.75, 3.05) is 19.0 Å². The first kappa shape index (κ1) is 17.4. The minimum Gasteiger partial charge on any atom is -0.497 e. The molecule has 3 aromatic rings. The second-order valence-corrected chi connectivity index (χ2v) is 5.70. The fourth-order valence-corrected chi connectivity index (χ4v) is 2.99. The van der Waals surface area contributed by atoms with Crippen LogP contribution in [0.3, 0.4) is 0 Å². The Morgan fingerprint density at radius 1 is 1.23 bits per heavy atom. The zero-order valence-electron chi connectivity index (χ0n) is 14.9. The Bertz CT molecular complexity index is 998. The number of ether oxygens (including phenoxy) is 2. The number of hydrogen-bond acceptors (Lipinski definition) is 4. The van der Waals surface area contributed by atoms with Crippen LogP contribution in [0, 0.1) is 11.3 Å². The number of anilines is 1. The molecule has 2 aromatic carbocycles. The van der Waals surface area contributed by atoms with Crippen molar-refractivity contribution in [3.8, 4) is 23.1 Å². The zero-order chi connectivity index (χ0) is 18.7. The van der Waals surface area contributed by atoms with E-state index in [1.54, 1.807) is 26.2 Å². The topological polar surface area (TPSA) is 76.3 Å². The van der Waals surface area contributed by atoms with Crippen molar-refractivity contribution >= 4 is 22.7 Å². The standard InChI is InChI=1S/C20H19N3O3/c1-4-26-20(24)22-14-7-5-13(6-8-14)19-17(12-21)16-10-9-15(25-3)11-18(16)23(19)2/h5-11H,4H2,1-3H3,(H,22,24). The summed E-state index contributed by atoms with van der Waals surface area (Å²) in [6.07, 6.45) is -0.491. The summed E-state index contributed by atoms with van der Waals surface area (Å²) < 4.78 is 12.1. The van der Waals surface area contributed by atoms with E-state index >= 15 is 0 Å². The molecule has 1 aromatic heterocycles. The quantitative estimate of drug-likeness (QED) is 0.762. The van der Waals surface area contributed by atoms with Gasteiger partial charge in [0.15, 0.2) is 0 Å². The number of amides is 1. The summed E-state index contributed by atoms with van der Waals surface area (Å²) in [5, 5.41) is 13.2. The Hall–Kier alpha value is -3.46. The molecule has 0 saturated heterocycles. The minimum atomic E-state index is -0.491. The van der Waals surface area contributed by atoms with E-state index in [4.69, 9.17) is 9.47 Å². The maximum Gasteiger partial charge on any atom is 0.411 e. The third kappa shape index (κ3) is 3.07. The van der Waals surface area contributed by atoms with Gasteiger partial charge in [-0.15, -0.1) is 0 Å². The van der Waals surface area contributed by atoms with Crippen LogP contribution in [0.5, 0.6) is 5.75 Å². The maximum atomic E-state index is 11.5. The van der Waals surface area contributed by atoms with Gasteiger partial charge in [-0.25, -0.2) is 4.79 Å². The Labute approximate surface area is 151 Å². The summed E-state index contributed by atoms with van der Waals surface area (Å²) in [6.45, 7) is 2.07. The third-order valence-corrected chi connectivity index (χ3v) is 4.20. The number of aromatic nitrogens is 1. The number of nitrogens with one attached hydrogen (secondary N) is 1. The molecule has 0 bridgehead atoms. The molecule has 0 spiro atoms. The summed E-state index contributed by atoms with van der Waals surface area (Å²) in [4.78, 5) is 11.5. The Morgan fingerprint density at radius 2 is 1.96 bits per heavy atom. The van der Waals surface area contributed by atoms with Gasteiger partial charge in [-0.2, -0.15) is 5.26 Å². The molecule has 1 N–H and O–H groups in total. The summed E-state index contributed by atoms with van der Waals surface area (Å²) in [5.74, 6) is 0.739. The lowest BCUT2D eigenvalue weighted by molar-refractivity contribution is 0.168. The highest BCUT2D eigenvalue weighted by molar-refractivity contribution is 5.95. The Balaban J connectivity index is 2.03. The van der Waals surface area contributed by atoms with Crippen LogP contribution in [0.25, 0.3) is 22.2 Å². The fourth-order valence-electron chi connectivity index (χ4n) is 2.99. The van der Waals surface area contributed by atoms with E-state index in [1.807, 2.05) is 41.9 Å². The lowest BCUT2D eigenvalue weighted by atomic mass is 10.1. The van der Waals surface area contributed by atoms with Crippen molar-refractivity contribution < 1.29 is 14.3 Å². The zero-order valence-corrected chi connectivity index (χ0v) is 14.9. The first-order valence-corrected chi connectivity index (χ1v) is 8.19. The van der Waals surface area contributed by atoms with Crippen LogP contribution < -0.4 is 10.1 Å². The monoisotopic (exact) mass is 349 g/mol. The Morgan fingerprint density at radius 3 is 2.58 bits per heavy atom. The second kappa shape index (κ2) is 7.19. The van der Waals surface area contributed by atoms with E-state index in [-0.39, 0.29) is 0 Å². The summed E-state index contributed by atoms with van der Waals surface area (Å²) in [7, 11) is 3.54. The highest BCUT2D eigenvalue weighted by atomic mass is 16.5. The van der Waals surface area contributed by atoms with Crippen LogP contribution >= 0.6 is 0 Å². The van der Waals surface area contributed by atoms with Crippen molar-refractivity contribution in [2.45, 2.75) is 6.92 Å². The minimum absolute atomic E-state index is 0.314. The second-order valence-electron chi connectivity index (χ2n) is 5.70. The highest BCUT2D eigenvalue weighted by Gasteiger charge is 2.17. The summed E-state index contributed by atoms with van der Waals surface area (Å²) in [6, 6.07) is 15.3. The van der Waals surface area contributed by atoms with Crippen LogP contribution in [-0.4, -0.2) is 24.4 Å². The van der Waals surface area contributed by atoms with Crippen LogP contribution in [0.1, 0.15) is 12.5 Å². The molecule has 1 amide bonds. The van der Waals surface area contributed by atoms with E-state index in [0.717, 1.165) is 27.9 Å². The lowest BCUT2D eigenvalue weighted by Crippen LogP contribution is -2.13. The lowest BCUT2D eigenvalue weighted by Gasteiger charge is -2.08. The molecule has 6 heteroatoms. The van der Waals surface area contributed by atoms with Gasteiger partial charge in [0.1, 0.15) is 11.8 Å². The number of nitrogens with zero attached hydrogens (tertiary/aromatic N) is 2. The molecule has 0 unspecified atom stereocenters. The van der Waals surface area contributed by atoms with Gasteiger partial charge in [0.05, 0.1) is 30.5 Å². The molecule has 0 aliphatic rings. The predicted molar refractivity (Wildman–Crippen MR) is 100 cm³/mol. The first-order valence-electron chi connectivity index (χ1n) is 8.19. The number of methoxy groups -OCH3 is 1. The van der Waals surface area contributed by atoms with Gasteiger partial charge in [-0.3, -0.25) is 5.32 Å². The number of fused-ring (bicyclic) bond motifs is 1. The van der Waals surface area contributed by atoms with Crippen molar-refractivity contribution in [1.29, 1.82) is 5.26 Å². The molecule has 6 nitrogen and oxygen atoms in total. The smallest absolute Gasteiger partial charge is 0.411 e. The van der Waals surface area contributed by atoms with Crippen molar-refractivity contribution in [3.05, 3.63) is 48.0 Å². The van der Waals surface area contributed by atoms with Crippen molar-refractivity contribution in [3.63, 3.8) is 0 Å². The third-order valence-electron chi connectivity index (χ3n) is 4.20. The molecule has 3 rings (SSSR count). The van der Waals surface area contributed by atoms with Gasteiger partial charge >= 0.3 is 6.09 Å². The number of aryl methyl sites for hydroxylation is 1. The van der Waals surface area contributed by atoms with E-state index in [0.29, 0.717) is 17.9 Å². The largest absolute Gasteiger partial charge is 0.497 e. The summed E-state index contributed by atoms with van der Waals surface area (Å²) in [5.41, 5.74) is 3.86. The van der Waals surface area contributed by atoms with Crippen LogP contribution in [0.2, 0.25) is 0 Å². The molecule has 0 saturated carbocycles. The predicted octanol–water partition coefficient (Wildman–Crippen LogP) is 4.29. The maximum absolute atomic E-state index is 11.5. The molecule has 0 fully saturated rings. The van der Waals surface area contributed by atoms with Gasteiger partial charge in [0.25, 0.3) is 0 Å². The number of benzene rings is 2. The number of carbonyl (C=O) groups excluding carboxylic acids is 1. The molecule has 0 aliphatic carbocycles. The molecule has 0 aliphatic heterocycles. The molecule has 0 atom stereocenters. The Kier molecular flexibility index (Phi) is 4.81. The molecule has 26 heavy (non-hydrogen) atoms. The molecular weight excluding hydrogens is 330 g/mol. The van der Waals surface area contributed by atoms with Crippen LogP contribution in [0.4, 0.5) is 10.5 Å². The molecule has 0 radical (unpaired) electrons. The van der Waals surface area contributed by atoms with Gasteiger partial charge in [-0.1, -0.05) is 12.1 Å². The molecular formula is C20H19N3O3. The van der Waals surface area contributed by atoms with Gasteiger partial charge in [0.2, 0.25) is 0 Å². The van der Waals surface area contributed by atoms with E-state index < -0.39 is 6.09 Å². The first-order chi connectivity index (χ1) is 12.6. The van der Waals surface area contributed by atoms with Crippen LogP contribution in [0.15, 0.2) is 42.5 Å². The van der Waals surface area contributed by atoms with E-state index in [1.165, 1.54) is 0 Å². The number of rotatable bonds is 4. The van der Waals surface area contributed by atoms with Crippen LogP contribution in [-0.2, 0) is 11.8 Å². The molecule has 1 heterocycles. The van der Waals surface area contributed by atoms with Gasteiger partial charge < -0.3 is 14.0 Å². The number of carbonyl (C=O) groups is 1. The fraction of sp³-hybridized carbons (Fsp3) is 0.200. The van der Waals surface area contributed by atoms with Gasteiger partial charge in [-0.05, 0) is 36.8 Å². The number of hydrogen-bond donors (Lipinski definition) is 1. The number of nitriles is 1. The highest BCUT2D eigenvalue weighted by Crippen LogP contribution is 2.34. The van der Waals surface area contributed by atoms with Crippen molar-refractivity contribution in [2.24, 2.45) is 7.05 Å².